The molecule has 0 aliphatic rings. The highest BCUT2D eigenvalue weighted by Gasteiger charge is 2.07. The molecule has 15 heavy (non-hydrogen) atoms. The smallest absolute Gasteiger partial charge is 0.252 e. The molecule has 0 unspecified atom stereocenters. The summed E-state index contributed by atoms with van der Waals surface area (Å²) in [6.45, 7) is 4.02. The number of aryl methyl sites for hydroxylation is 1. The minimum atomic E-state index is -0.105. The maximum Gasteiger partial charge on any atom is 0.252 e. The Kier molecular flexibility index (Phi) is 4.26. The van der Waals surface area contributed by atoms with Gasteiger partial charge in [0.15, 0.2) is 0 Å². The zero-order valence-electron chi connectivity index (χ0n) is 8.79. The lowest BCUT2D eigenvalue weighted by Crippen LogP contribution is -2.24. The highest BCUT2D eigenvalue weighted by Crippen LogP contribution is 2.13. The fourth-order valence-electron chi connectivity index (χ4n) is 1.16. The highest BCUT2D eigenvalue weighted by atomic mass is 32.1. The topological polar surface area (TPSA) is 29.1 Å². The average molecular weight is 219 g/mol. The minimum Gasteiger partial charge on any atom is -0.341 e. The van der Waals surface area contributed by atoms with E-state index >= 15 is 0 Å². The third-order valence-corrected chi connectivity index (χ3v) is 2.26. The van der Waals surface area contributed by atoms with Crippen molar-refractivity contribution < 1.29 is 4.79 Å². The quantitative estimate of drug-likeness (QED) is 0.578. The summed E-state index contributed by atoms with van der Waals surface area (Å²) in [6.07, 6.45) is 0. The van der Waals surface area contributed by atoms with Crippen LogP contribution in [-0.4, -0.2) is 12.5 Å². The van der Waals surface area contributed by atoms with Crippen molar-refractivity contribution in [2.24, 2.45) is 0 Å². The van der Waals surface area contributed by atoms with Crippen molar-refractivity contribution >= 4 is 18.5 Å². The van der Waals surface area contributed by atoms with E-state index in [4.69, 9.17) is 0 Å². The van der Waals surface area contributed by atoms with Crippen LogP contribution in [-0.2, 0) is 0 Å². The summed E-state index contributed by atoms with van der Waals surface area (Å²) >= 11 is 4.20. The van der Waals surface area contributed by atoms with Crippen LogP contribution >= 0.6 is 12.6 Å². The van der Waals surface area contributed by atoms with Gasteiger partial charge in [-0.05, 0) is 31.5 Å². The molecule has 0 atom stereocenters. The summed E-state index contributed by atoms with van der Waals surface area (Å²) in [4.78, 5) is 12.5. The minimum absolute atomic E-state index is 0.105. The number of carbonyl (C=O) groups excluding carboxylic acids is 1. The van der Waals surface area contributed by atoms with Crippen LogP contribution in [0.5, 0.6) is 0 Å². The molecule has 0 spiro atoms. The van der Waals surface area contributed by atoms with Gasteiger partial charge in [-0.25, -0.2) is 0 Å². The van der Waals surface area contributed by atoms with E-state index in [0.29, 0.717) is 12.1 Å². The van der Waals surface area contributed by atoms with Gasteiger partial charge in [0, 0.05) is 10.5 Å². The second-order valence-electron chi connectivity index (χ2n) is 3.11. The molecule has 0 heterocycles. The van der Waals surface area contributed by atoms with Crippen LogP contribution in [0.15, 0.2) is 23.1 Å². The predicted octanol–water partition coefficient (Wildman–Crippen LogP) is 2.04. The van der Waals surface area contributed by atoms with Gasteiger partial charge in [-0.1, -0.05) is 12.0 Å². The summed E-state index contributed by atoms with van der Waals surface area (Å²) in [7, 11) is 0. The molecular formula is C12H13NOS. The molecule has 2 nitrogen and oxygen atoms in total. The molecule has 0 saturated heterocycles. The van der Waals surface area contributed by atoms with Crippen LogP contribution in [0, 0.1) is 18.8 Å². The standard InChI is InChI=1S/C12H13NOS/c1-3-4-7-13-12(14)11-8-10(15)6-5-9(11)2/h5-6,8,15H,7H2,1-2H3,(H,13,14). The van der Waals surface area contributed by atoms with Crippen LogP contribution in [0.3, 0.4) is 0 Å². The van der Waals surface area contributed by atoms with Gasteiger partial charge in [-0.3, -0.25) is 4.79 Å². The van der Waals surface area contributed by atoms with Gasteiger partial charge in [0.2, 0.25) is 0 Å². The number of amides is 1. The highest BCUT2D eigenvalue weighted by molar-refractivity contribution is 7.80. The summed E-state index contributed by atoms with van der Waals surface area (Å²) in [5.41, 5.74) is 1.59. The zero-order chi connectivity index (χ0) is 11.3. The Labute approximate surface area is 95.5 Å². The molecule has 0 aromatic heterocycles. The molecule has 0 aliphatic carbocycles. The maximum atomic E-state index is 11.7. The van der Waals surface area contributed by atoms with Crippen LogP contribution < -0.4 is 5.32 Å². The zero-order valence-corrected chi connectivity index (χ0v) is 9.69. The third kappa shape index (κ3) is 3.34. The molecule has 1 amide bonds. The molecule has 0 aliphatic heterocycles. The van der Waals surface area contributed by atoms with Crippen molar-refractivity contribution in [2.45, 2.75) is 18.7 Å². The Morgan fingerprint density at radius 1 is 1.53 bits per heavy atom. The van der Waals surface area contributed by atoms with Crippen molar-refractivity contribution in [3.05, 3.63) is 29.3 Å². The number of benzene rings is 1. The lowest BCUT2D eigenvalue weighted by molar-refractivity contribution is 0.0958. The third-order valence-electron chi connectivity index (χ3n) is 1.98. The molecule has 0 bridgehead atoms. The Morgan fingerprint density at radius 2 is 2.27 bits per heavy atom. The summed E-state index contributed by atoms with van der Waals surface area (Å²) in [5, 5.41) is 2.72. The monoisotopic (exact) mass is 219 g/mol. The number of rotatable bonds is 2. The molecule has 1 rings (SSSR count). The predicted molar refractivity (Wildman–Crippen MR) is 64.2 cm³/mol. The van der Waals surface area contributed by atoms with Gasteiger partial charge >= 0.3 is 0 Å². The van der Waals surface area contributed by atoms with Gasteiger partial charge in [-0.15, -0.1) is 18.5 Å². The largest absolute Gasteiger partial charge is 0.341 e. The number of hydrogen-bond acceptors (Lipinski definition) is 2. The van der Waals surface area contributed by atoms with Gasteiger partial charge in [0.1, 0.15) is 0 Å². The molecular weight excluding hydrogens is 206 g/mol. The summed E-state index contributed by atoms with van der Waals surface area (Å²) in [5.74, 6) is 5.40. The first-order valence-electron chi connectivity index (χ1n) is 4.62. The number of nitrogens with one attached hydrogen (secondary N) is 1. The van der Waals surface area contributed by atoms with Crippen molar-refractivity contribution in [3.63, 3.8) is 0 Å². The van der Waals surface area contributed by atoms with Crippen molar-refractivity contribution in [2.75, 3.05) is 6.54 Å². The van der Waals surface area contributed by atoms with E-state index in [-0.39, 0.29) is 5.91 Å². The van der Waals surface area contributed by atoms with Crippen LogP contribution in [0.25, 0.3) is 0 Å². The van der Waals surface area contributed by atoms with Crippen LogP contribution in [0.2, 0.25) is 0 Å². The number of thiol groups is 1. The molecule has 1 aromatic rings. The maximum absolute atomic E-state index is 11.7. The molecule has 78 valence electrons. The van der Waals surface area contributed by atoms with E-state index < -0.39 is 0 Å². The molecule has 0 saturated carbocycles. The Morgan fingerprint density at radius 3 is 2.93 bits per heavy atom. The van der Waals surface area contributed by atoms with Gasteiger partial charge < -0.3 is 5.32 Å². The van der Waals surface area contributed by atoms with Crippen molar-refractivity contribution in [1.29, 1.82) is 0 Å². The summed E-state index contributed by atoms with van der Waals surface area (Å²) in [6, 6.07) is 5.50. The SMILES string of the molecule is CC#CCNC(=O)c1cc(S)ccc1C. The fourth-order valence-corrected chi connectivity index (χ4v) is 1.37. The second kappa shape index (κ2) is 5.47. The first kappa shape index (κ1) is 11.7. The van der Waals surface area contributed by atoms with E-state index in [1.165, 1.54) is 0 Å². The number of hydrogen-bond donors (Lipinski definition) is 2. The molecule has 3 heteroatoms. The van der Waals surface area contributed by atoms with E-state index in [9.17, 15) is 4.79 Å². The number of carbonyl (C=O) groups is 1. The van der Waals surface area contributed by atoms with Crippen LogP contribution in [0.1, 0.15) is 22.8 Å². The molecule has 0 radical (unpaired) electrons. The van der Waals surface area contributed by atoms with Gasteiger partial charge in [0.25, 0.3) is 5.91 Å². The van der Waals surface area contributed by atoms with E-state index in [1.54, 1.807) is 13.0 Å². The Balaban J connectivity index is 2.80. The van der Waals surface area contributed by atoms with E-state index in [0.717, 1.165) is 10.5 Å². The molecule has 0 fully saturated rings. The first-order valence-corrected chi connectivity index (χ1v) is 5.07. The second-order valence-corrected chi connectivity index (χ2v) is 3.63. The van der Waals surface area contributed by atoms with Crippen molar-refractivity contribution in [1.82, 2.24) is 5.32 Å². The lowest BCUT2D eigenvalue weighted by Gasteiger charge is -2.05. The summed E-state index contributed by atoms with van der Waals surface area (Å²) < 4.78 is 0. The van der Waals surface area contributed by atoms with Crippen LogP contribution in [0.4, 0.5) is 0 Å². The Bertz CT molecular complexity index is 429. The van der Waals surface area contributed by atoms with Gasteiger partial charge in [-0.2, -0.15) is 0 Å². The van der Waals surface area contributed by atoms with Gasteiger partial charge in [0.05, 0.1) is 6.54 Å². The molecule has 1 N–H and O–H groups in total. The van der Waals surface area contributed by atoms with E-state index in [1.807, 2.05) is 19.1 Å². The molecule has 1 aromatic carbocycles. The normalized spacial score (nSPS) is 9.00. The Hall–Kier alpha value is -1.40. The van der Waals surface area contributed by atoms with Crippen molar-refractivity contribution in [3.8, 4) is 11.8 Å². The average Bonchev–Trinajstić information content (AvgIpc) is 2.22. The lowest BCUT2D eigenvalue weighted by atomic mass is 10.1. The van der Waals surface area contributed by atoms with E-state index in [2.05, 4.69) is 29.8 Å². The fraction of sp³-hybridized carbons (Fsp3) is 0.250. The first-order chi connectivity index (χ1) is 7.15.